The summed E-state index contributed by atoms with van der Waals surface area (Å²) < 4.78 is 0. The third-order valence-corrected chi connectivity index (χ3v) is 4.51. The van der Waals surface area contributed by atoms with Gasteiger partial charge in [0.05, 0.1) is 0 Å². The summed E-state index contributed by atoms with van der Waals surface area (Å²) in [5.41, 5.74) is 3.14. The molecular formula is C19H34N2. The number of benzene rings is 1. The zero-order valence-electron chi connectivity index (χ0n) is 15.1. The van der Waals surface area contributed by atoms with Gasteiger partial charge in [0.15, 0.2) is 0 Å². The maximum atomic E-state index is 3.71. The smallest absolute Gasteiger partial charge is 0.0366 e. The third-order valence-electron chi connectivity index (χ3n) is 4.51. The summed E-state index contributed by atoms with van der Waals surface area (Å²) in [4.78, 5) is 2.41. The highest BCUT2D eigenvalue weighted by molar-refractivity contribution is 5.47. The lowest BCUT2D eigenvalue weighted by Gasteiger charge is -2.39. The molecule has 0 aromatic heterocycles. The van der Waals surface area contributed by atoms with Crippen LogP contribution < -0.4 is 10.2 Å². The number of anilines is 1. The fourth-order valence-electron chi connectivity index (χ4n) is 2.69. The second-order valence-corrected chi connectivity index (χ2v) is 7.51. The van der Waals surface area contributed by atoms with Gasteiger partial charge in [0, 0.05) is 31.4 Å². The van der Waals surface area contributed by atoms with Gasteiger partial charge in [-0.3, -0.25) is 0 Å². The molecule has 2 heteroatoms. The largest absolute Gasteiger partial charge is 0.374 e. The van der Waals surface area contributed by atoms with Gasteiger partial charge in [-0.15, -0.1) is 0 Å². The van der Waals surface area contributed by atoms with Crippen LogP contribution in [0.2, 0.25) is 0 Å². The van der Waals surface area contributed by atoms with Crippen molar-refractivity contribution in [2.24, 2.45) is 5.41 Å². The number of hydrogen-bond acceptors (Lipinski definition) is 2. The first-order valence-corrected chi connectivity index (χ1v) is 8.24. The van der Waals surface area contributed by atoms with Crippen molar-refractivity contribution >= 4 is 5.69 Å². The van der Waals surface area contributed by atoms with Gasteiger partial charge < -0.3 is 10.2 Å². The second-order valence-electron chi connectivity index (χ2n) is 7.51. The van der Waals surface area contributed by atoms with Gasteiger partial charge in [-0.25, -0.2) is 0 Å². The summed E-state index contributed by atoms with van der Waals surface area (Å²) >= 11 is 0. The van der Waals surface area contributed by atoms with Crippen LogP contribution in [-0.4, -0.2) is 25.7 Å². The first-order valence-electron chi connectivity index (χ1n) is 8.24. The first-order chi connectivity index (χ1) is 9.71. The monoisotopic (exact) mass is 290 g/mol. The molecule has 1 N–H and O–H groups in total. The fourth-order valence-corrected chi connectivity index (χ4v) is 2.69. The Labute approximate surface area is 131 Å². The van der Waals surface area contributed by atoms with Crippen molar-refractivity contribution < 1.29 is 0 Å². The van der Waals surface area contributed by atoms with E-state index < -0.39 is 0 Å². The molecule has 0 bridgehead atoms. The van der Waals surface area contributed by atoms with Gasteiger partial charge in [0.25, 0.3) is 0 Å². The zero-order chi connectivity index (χ0) is 16.1. The molecule has 1 aromatic carbocycles. The Morgan fingerprint density at radius 3 is 2.19 bits per heavy atom. The van der Waals surface area contributed by atoms with E-state index in [-0.39, 0.29) is 5.54 Å². The molecule has 1 aromatic rings. The van der Waals surface area contributed by atoms with E-state index in [0.717, 1.165) is 13.1 Å². The van der Waals surface area contributed by atoms with Crippen molar-refractivity contribution in [1.82, 2.24) is 5.32 Å². The first kappa shape index (κ1) is 18.0. The van der Waals surface area contributed by atoms with Crippen molar-refractivity contribution in [2.45, 2.75) is 59.9 Å². The van der Waals surface area contributed by atoms with Crippen LogP contribution in [-0.2, 0) is 0 Å². The molecule has 0 atom stereocenters. The summed E-state index contributed by atoms with van der Waals surface area (Å²) in [6.45, 7) is 15.7. The molecule has 0 aliphatic rings. The average molecular weight is 290 g/mol. The van der Waals surface area contributed by atoms with Crippen LogP contribution in [0.15, 0.2) is 24.3 Å². The quantitative estimate of drug-likeness (QED) is 0.788. The van der Waals surface area contributed by atoms with Gasteiger partial charge in [-0.1, -0.05) is 26.0 Å². The number of nitrogens with one attached hydrogen (secondary N) is 1. The van der Waals surface area contributed by atoms with E-state index in [9.17, 15) is 0 Å². The van der Waals surface area contributed by atoms with Crippen LogP contribution in [0.1, 0.15) is 53.0 Å². The minimum atomic E-state index is 0.178. The molecule has 0 amide bonds. The Morgan fingerprint density at radius 1 is 1.10 bits per heavy atom. The van der Waals surface area contributed by atoms with E-state index in [1.54, 1.807) is 0 Å². The molecular weight excluding hydrogens is 256 g/mol. The van der Waals surface area contributed by atoms with Crippen molar-refractivity contribution in [3.05, 3.63) is 29.8 Å². The Bertz CT molecular complexity index is 427. The lowest BCUT2D eigenvalue weighted by atomic mass is 9.81. The topological polar surface area (TPSA) is 15.3 Å². The molecule has 1 rings (SSSR count). The normalized spacial score (nSPS) is 12.5. The number of nitrogens with zero attached hydrogens (tertiary/aromatic N) is 1. The van der Waals surface area contributed by atoms with E-state index in [4.69, 9.17) is 0 Å². The molecule has 0 spiro atoms. The van der Waals surface area contributed by atoms with Crippen LogP contribution in [0.3, 0.4) is 0 Å². The van der Waals surface area contributed by atoms with E-state index in [1.165, 1.54) is 24.1 Å². The minimum Gasteiger partial charge on any atom is -0.374 e. The third kappa shape index (κ3) is 5.70. The molecule has 0 heterocycles. The van der Waals surface area contributed by atoms with Gasteiger partial charge in [0.1, 0.15) is 0 Å². The highest BCUT2D eigenvalue weighted by Crippen LogP contribution is 2.29. The van der Waals surface area contributed by atoms with Gasteiger partial charge in [0.2, 0.25) is 0 Å². The van der Waals surface area contributed by atoms with E-state index >= 15 is 0 Å². The number of rotatable bonds is 7. The predicted molar refractivity (Wildman–Crippen MR) is 95.2 cm³/mol. The van der Waals surface area contributed by atoms with Crippen LogP contribution in [0.25, 0.3) is 0 Å². The van der Waals surface area contributed by atoms with Crippen molar-refractivity contribution in [1.29, 1.82) is 0 Å². The average Bonchev–Trinajstić information content (AvgIpc) is 2.42. The van der Waals surface area contributed by atoms with E-state index in [2.05, 4.69) is 83.1 Å². The number of hydrogen-bond donors (Lipinski definition) is 1. The van der Waals surface area contributed by atoms with Crippen molar-refractivity contribution in [2.75, 3.05) is 25.0 Å². The number of aryl methyl sites for hydroxylation is 1. The second kappa shape index (κ2) is 7.31. The fraction of sp³-hybridized carbons (Fsp3) is 0.684. The summed E-state index contributed by atoms with van der Waals surface area (Å²) in [6, 6.07) is 8.78. The van der Waals surface area contributed by atoms with Gasteiger partial charge >= 0.3 is 0 Å². The van der Waals surface area contributed by atoms with Gasteiger partial charge in [-0.05, 0) is 63.6 Å². The van der Waals surface area contributed by atoms with Gasteiger partial charge in [-0.2, -0.15) is 0 Å². The SMILES string of the molecule is CCC(CC)(CNC(C)(C)C)CN(C)c1cccc(C)c1. The molecule has 120 valence electrons. The summed E-state index contributed by atoms with van der Waals surface area (Å²) in [5, 5.41) is 3.71. The van der Waals surface area contributed by atoms with Crippen LogP contribution >= 0.6 is 0 Å². The molecule has 0 aliphatic heterocycles. The molecule has 2 nitrogen and oxygen atoms in total. The maximum absolute atomic E-state index is 3.71. The molecule has 0 unspecified atom stereocenters. The Hall–Kier alpha value is -1.02. The maximum Gasteiger partial charge on any atom is 0.0366 e. The van der Waals surface area contributed by atoms with Crippen LogP contribution in [0, 0.1) is 12.3 Å². The van der Waals surface area contributed by atoms with Crippen LogP contribution in [0.5, 0.6) is 0 Å². The molecule has 0 saturated heterocycles. The summed E-state index contributed by atoms with van der Waals surface area (Å²) in [7, 11) is 2.21. The summed E-state index contributed by atoms with van der Waals surface area (Å²) in [5.74, 6) is 0. The summed E-state index contributed by atoms with van der Waals surface area (Å²) in [6.07, 6.45) is 2.39. The van der Waals surface area contributed by atoms with Crippen molar-refractivity contribution in [3.8, 4) is 0 Å². The zero-order valence-corrected chi connectivity index (χ0v) is 15.1. The lowest BCUT2D eigenvalue weighted by molar-refractivity contribution is 0.228. The Kier molecular flexibility index (Phi) is 6.27. The van der Waals surface area contributed by atoms with Crippen LogP contribution in [0.4, 0.5) is 5.69 Å². The van der Waals surface area contributed by atoms with Crippen molar-refractivity contribution in [3.63, 3.8) is 0 Å². The minimum absolute atomic E-state index is 0.178. The highest BCUT2D eigenvalue weighted by atomic mass is 15.1. The Balaban J connectivity index is 2.81. The van der Waals surface area contributed by atoms with E-state index in [1.807, 2.05) is 0 Å². The van der Waals surface area contributed by atoms with E-state index in [0.29, 0.717) is 5.41 Å². The molecule has 0 aliphatic carbocycles. The predicted octanol–water partition coefficient (Wildman–Crippen LogP) is 4.63. The molecule has 0 fully saturated rings. The molecule has 0 saturated carbocycles. The highest BCUT2D eigenvalue weighted by Gasteiger charge is 2.29. The Morgan fingerprint density at radius 2 is 1.71 bits per heavy atom. The molecule has 21 heavy (non-hydrogen) atoms. The standard InChI is InChI=1S/C19H34N2/c1-8-19(9-2,14-20-18(4,5)6)15-21(7)17-12-10-11-16(3)13-17/h10-13,20H,8-9,14-15H2,1-7H3. The molecule has 0 radical (unpaired) electrons. The lowest BCUT2D eigenvalue weighted by Crippen LogP contribution is -2.48.